The molecule has 0 saturated carbocycles. The van der Waals surface area contributed by atoms with Gasteiger partial charge in [0.1, 0.15) is 11.6 Å². The number of carbonyl (C=O) groups is 3. The summed E-state index contributed by atoms with van der Waals surface area (Å²) in [6.07, 6.45) is 2.33. The number of para-hydroxylation sites is 1. The first-order chi connectivity index (χ1) is 16.3. The van der Waals surface area contributed by atoms with Crippen LogP contribution in [0.2, 0.25) is 0 Å². The van der Waals surface area contributed by atoms with Gasteiger partial charge in [-0.1, -0.05) is 48.5 Å². The normalized spacial score (nSPS) is 20.3. The summed E-state index contributed by atoms with van der Waals surface area (Å²) in [5.74, 6) is -0.0700. The van der Waals surface area contributed by atoms with Crippen LogP contribution in [0.25, 0.3) is 10.9 Å². The topological polar surface area (TPSA) is 74.7 Å². The quantitative estimate of drug-likeness (QED) is 0.577. The third-order valence-electron chi connectivity index (χ3n) is 6.94. The summed E-state index contributed by atoms with van der Waals surface area (Å²) in [6.45, 7) is 6.37. The second-order valence-corrected chi connectivity index (χ2v) is 9.78. The van der Waals surface area contributed by atoms with Crippen molar-refractivity contribution in [1.82, 2.24) is 19.7 Å². The third-order valence-corrected chi connectivity index (χ3v) is 6.94. The van der Waals surface area contributed by atoms with Crippen molar-refractivity contribution in [3.63, 3.8) is 0 Å². The summed E-state index contributed by atoms with van der Waals surface area (Å²) in [7, 11) is 0. The van der Waals surface area contributed by atoms with Crippen LogP contribution in [-0.2, 0) is 16.1 Å². The zero-order valence-corrected chi connectivity index (χ0v) is 19.7. The SMILES string of the molecule is CC1(C)NC(=O)C2CN(CCC(=O)c3cn(Cc4ccccc4)c4ccccc34)CCN2C1=O. The number of hydrogen-bond acceptors (Lipinski definition) is 4. The molecular formula is C27H30N4O3. The van der Waals surface area contributed by atoms with Crippen LogP contribution in [0, 0.1) is 0 Å². The molecule has 2 aliphatic heterocycles. The van der Waals surface area contributed by atoms with Crippen molar-refractivity contribution in [1.29, 1.82) is 0 Å². The lowest BCUT2D eigenvalue weighted by atomic mass is 9.95. The molecule has 2 saturated heterocycles. The van der Waals surface area contributed by atoms with E-state index in [4.69, 9.17) is 0 Å². The van der Waals surface area contributed by atoms with Crippen LogP contribution in [0.1, 0.15) is 36.2 Å². The summed E-state index contributed by atoms with van der Waals surface area (Å²) >= 11 is 0. The van der Waals surface area contributed by atoms with Gasteiger partial charge in [0.25, 0.3) is 0 Å². The van der Waals surface area contributed by atoms with E-state index in [1.807, 2.05) is 42.6 Å². The van der Waals surface area contributed by atoms with Crippen molar-refractivity contribution in [3.05, 3.63) is 71.9 Å². The average Bonchev–Trinajstić information content (AvgIpc) is 3.20. The monoisotopic (exact) mass is 458 g/mol. The number of amides is 2. The fraction of sp³-hybridized carbons (Fsp3) is 0.370. The fourth-order valence-corrected chi connectivity index (χ4v) is 5.09. The number of ketones is 1. The van der Waals surface area contributed by atoms with Gasteiger partial charge < -0.3 is 14.8 Å². The van der Waals surface area contributed by atoms with E-state index in [-0.39, 0.29) is 17.6 Å². The van der Waals surface area contributed by atoms with Gasteiger partial charge in [-0.05, 0) is 25.5 Å². The van der Waals surface area contributed by atoms with Gasteiger partial charge in [0.05, 0.1) is 0 Å². The predicted octanol–water partition coefficient (Wildman–Crippen LogP) is 2.68. The lowest BCUT2D eigenvalue weighted by molar-refractivity contribution is -0.157. The van der Waals surface area contributed by atoms with E-state index in [1.165, 1.54) is 5.56 Å². The molecule has 1 N–H and O–H groups in total. The van der Waals surface area contributed by atoms with Gasteiger partial charge in [0, 0.05) is 61.8 Å². The van der Waals surface area contributed by atoms with E-state index in [0.717, 1.165) is 16.5 Å². The maximum absolute atomic E-state index is 13.3. The van der Waals surface area contributed by atoms with Crippen LogP contribution >= 0.6 is 0 Å². The first-order valence-corrected chi connectivity index (χ1v) is 11.8. The molecule has 1 unspecified atom stereocenters. The minimum absolute atomic E-state index is 0.0425. The van der Waals surface area contributed by atoms with Gasteiger partial charge in [-0.2, -0.15) is 0 Å². The summed E-state index contributed by atoms with van der Waals surface area (Å²) in [6, 6.07) is 17.7. The molecule has 0 spiro atoms. The number of nitrogens with one attached hydrogen (secondary N) is 1. The van der Waals surface area contributed by atoms with Crippen LogP contribution in [0.3, 0.4) is 0 Å². The highest BCUT2D eigenvalue weighted by Gasteiger charge is 2.47. The number of nitrogens with zero attached hydrogens (tertiary/aromatic N) is 3. The Hall–Kier alpha value is -3.45. The Balaban J connectivity index is 1.28. The second-order valence-electron chi connectivity index (χ2n) is 9.78. The fourth-order valence-electron chi connectivity index (χ4n) is 5.09. The van der Waals surface area contributed by atoms with Crippen molar-refractivity contribution in [2.24, 2.45) is 0 Å². The van der Waals surface area contributed by atoms with Crippen molar-refractivity contribution < 1.29 is 14.4 Å². The molecule has 176 valence electrons. The molecule has 5 rings (SSSR count). The molecule has 2 aliphatic rings. The molecular weight excluding hydrogens is 428 g/mol. The van der Waals surface area contributed by atoms with Crippen molar-refractivity contribution in [2.75, 3.05) is 26.2 Å². The Morgan fingerprint density at radius 2 is 1.76 bits per heavy atom. The maximum atomic E-state index is 13.3. The zero-order valence-electron chi connectivity index (χ0n) is 19.7. The van der Waals surface area contributed by atoms with Crippen LogP contribution in [0.5, 0.6) is 0 Å². The Morgan fingerprint density at radius 3 is 2.56 bits per heavy atom. The molecule has 0 bridgehead atoms. The summed E-state index contributed by atoms with van der Waals surface area (Å²) in [5.41, 5.74) is 2.10. The van der Waals surface area contributed by atoms with Crippen molar-refractivity contribution in [2.45, 2.75) is 38.4 Å². The number of hydrogen-bond donors (Lipinski definition) is 1. The lowest BCUT2D eigenvalue weighted by Crippen LogP contribution is -2.72. The molecule has 0 radical (unpaired) electrons. The van der Waals surface area contributed by atoms with Crippen LogP contribution < -0.4 is 5.32 Å². The van der Waals surface area contributed by atoms with E-state index >= 15 is 0 Å². The second kappa shape index (κ2) is 8.72. The molecule has 34 heavy (non-hydrogen) atoms. The minimum Gasteiger partial charge on any atom is -0.342 e. The zero-order chi connectivity index (χ0) is 23.9. The first kappa shape index (κ1) is 22.3. The van der Waals surface area contributed by atoms with E-state index in [9.17, 15) is 14.4 Å². The number of Topliss-reactive ketones (excluding diaryl/α,β-unsaturated/α-hetero) is 1. The molecule has 2 amide bonds. The van der Waals surface area contributed by atoms with Gasteiger partial charge in [0.15, 0.2) is 5.78 Å². The highest BCUT2D eigenvalue weighted by Crippen LogP contribution is 2.25. The van der Waals surface area contributed by atoms with Gasteiger partial charge in [-0.25, -0.2) is 0 Å². The van der Waals surface area contributed by atoms with Gasteiger partial charge in [0.2, 0.25) is 11.8 Å². The Bertz CT molecular complexity index is 1250. The van der Waals surface area contributed by atoms with Gasteiger partial charge in [-0.3, -0.25) is 19.3 Å². The molecule has 3 heterocycles. The van der Waals surface area contributed by atoms with Gasteiger partial charge >= 0.3 is 0 Å². The number of aromatic nitrogens is 1. The predicted molar refractivity (Wildman–Crippen MR) is 131 cm³/mol. The molecule has 0 aliphatic carbocycles. The Kier molecular flexibility index (Phi) is 5.73. The lowest BCUT2D eigenvalue weighted by Gasteiger charge is -2.47. The molecule has 2 aromatic carbocycles. The summed E-state index contributed by atoms with van der Waals surface area (Å²) in [5, 5.41) is 3.80. The molecule has 7 heteroatoms. The largest absolute Gasteiger partial charge is 0.342 e. The number of rotatable bonds is 6. The van der Waals surface area contributed by atoms with E-state index in [0.29, 0.717) is 39.1 Å². The van der Waals surface area contributed by atoms with Crippen LogP contribution in [-0.4, -0.2) is 69.7 Å². The minimum atomic E-state index is -0.861. The maximum Gasteiger partial charge on any atom is 0.248 e. The average molecular weight is 459 g/mol. The number of carbonyl (C=O) groups excluding carboxylic acids is 3. The van der Waals surface area contributed by atoms with Gasteiger partial charge in [-0.15, -0.1) is 0 Å². The number of benzene rings is 2. The number of fused-ring (bicyclic) bond motifs is 2. The summed E-state index contributed by atoms with van der Waals surface area (Å²) < 4.78 is 2.14. The van der Waals surface area contributed by atoms with Crippen LogP contribution in [0.4, 0.5) is 0 Å². The molecule has 2 fully saturated rings. The highest BCUT2D eigenvalue weighted by atomic mass is 16.2. The van der Waals surface area contributed by atoms with Crippen molar-refractivity contribution >= 4 is 28.5 Å². The van der Waals surface area contributed by atoms with E-state index in [2.05, 4.69) is 33.0 Å². The molecule has 1 atom stereocenters. The Morgan fingerprint density at radius 1 is 1.03 bits per heavy atom. The van der Waals surface area contributed by atoms with Crippen LogP contribution in [0.15, 0.2) is 60.8 Å². The molecule has 3 aromatic rings. The van der Waals surface area contributed by atoms with E-state index < -0.39 is 11.6 Å². The smallest absolute Gasteiger partial charge is 0.248 e. The first-order valence-electron chi connectivity index (χ1n) is 11.8. The third kappa shape index (κ3) is 4.12. The highest BCUT2D eigenvalue weighted by molar-refractivity contribution is 6.08. The Labute approximate surface area is 199 Å². The number of piperazine rings is 2. The summed E-state index contributed by atoms with van der Waals surface area (Å²) in [4.78, 5) is 42.3. The van der Waals surface area contributed by atoms with E-state index in [1.54, 1.807) is 18.7 Å². The molecule has 1 aromatic heterocycles. The van der Waals surface area contributed by atoms with Crippen molar-refractivity contribution in [3.8, 4) is 0 Å². The standard InChI is InChI=1S/C27H30N4O3/c1-27(2)26(34)31-15-14-29(18-23(31)25(33)28-27)13-12-24(32)21-17-30(16-19-8-4-3-5-9-19)22-11-7-6-10-20(21)22/h3-11,17,23H,12-16,18H2,1-2H3,(H,28,33). The molecule has 7 nitrogen and oxygen atoms in total.